The third-order valence-electron chi connectivity index (χ3n) is 3.99. The van der Waals surface area contributed by atoms with Crippen molar-refractivity contribution in [3.63, 3.8) is 0 Å². The van der Waals surface area contributed by atoms with Crippen molar-refractivity contribution in [3.8, 4) is 5.75 Å². The van der Waals surface area contributed by atoms with Crippen molar-refractivity contribution in [2.45, 2.75) is 30.3 Å². The zero-order valence-electron chi connectivity index (χ0n) is 14.2. The van der Waals surface area contributed by atoms with Gasteiger partial charge in [-0.25, -0.2) is 13.1 Å². The molecule has 0 aromatic heterocycles. The van der Waals surface area contributed by atoms with Crippen molar-refractivity contribution < 1.29 is 17.9 Å². The number of sulfonamides is 1. The highest BCUT2D eigenvalue weighted by Crippen LogP contribution is 2.27. The van der Waals surface area contributed by atoms with Crippen LogP contribution in [0, 0.1) is 0 Å². The molecule has 0 bridgehead atoms. The number of halogens is 1. The van der Waals surface area contributed by atoms with Crippen LogP contribution in [0.1, 0.15) is 28.8 Å². The van der Waals surface area contributed by atoms with Gasteiger partial charge in [0.25, 0.3) is 5.91 Å². The number of nitrogens with one attached hydrogen (secondary N) is 2. The average Bonchev–Trinajstić information content (AvgIpc) is 3.43. The number of hydrogen-bond acceptors (Lipinski definition) is 4. The predicted molar refractivity (Wildman–Crippen MR) is 99.0 cm³/mol. The highest BCUT2D eigenvalue weighted by Gasteiger charge is 2.29. The van der Waals surface area contributed by atoms with Crippen molar-refractivity contribution >= 4 is 27.5 Å². The lowest BCUT2D eigenvalue weighted by molar-refractivity contribution is 0.0950. The quantitative estimate of drug-likeness (QED) is 0.756. The number of benzene rings is 2. The molecule has 0 heterocycles. The summed E-state index contributed by atoms with van der Waals surface area (Å²) in [6.07, 6.45) is 1.64. The fourth-order valence-corrected chi connectivity index (χ4v) is 4.19. The summed E-state index contributed by atoms with van der Waals surface area (Å²) in [5.41, 5.74) is 1.13. The van der Waals surface area contributed by atoms with Crippen LogP contribution in [0.4, 0.5) is 0 Å². The van der Waals surface area contributed by atoms with Gasteiger partial charge in [-0.3, -0.25) is 4.79 Å². The molecule has 138 valence electrons. The van der Waals surface area contributed by atoms with E-state index in [1.54, 1.807) is 19.2 Å². The Bertz CT molecular complexity index is 909. The molecule has 0 aliphatic heterocycles. The molecule has 1 aliphatic carbocycles. The van der Waals surface area contributed by atoms with Gasteiger partial charge in [0.1, 0.15) is 10.6 Å². The molecule has 1 fully saturated rings. The van der Waals surface area contributed by atoms with E-state index in [1.807, 2.05) is 12.1 Å². The Morgan fingerprint density at radius 2 is 1.88 bits per heavy atom. The first-order chi connectivity index (χ1) is 12.4. The monoisotopic (exact) mass is 394 g/mol. The average molecular weight is 395 g/mol. The van der Waals surface area contributed by atoms with Crippen LogP contribution in [0.5, 0.6) is 5.75 Å². The summed E-state index contributed by atoms with van der Waals surface area (Å²) in [6, 6.07) is 11.5. The highest BCUT2D eigenvalue weighted by atomic mass is 35.5. The van der Waals surface area contributed by atoms with Gasteiger partial charge < -0.3 is 10.1 Å². The molecule has 3 rings (SSSR count). The Hall–Kier alpha value is -2.09. The minimum absolute atomic E-state index is 0.0383. The molecule has 2 N–H and O–H groups in total. The molecule has 0 atom stereocenters. The molecule has 6 nitrogen and oxygen atoms in total. The first kappa shape index (κ1) is 18.7. The number of rotatable bonds is 7. The fraction of sp³-hybridized carbons (Fsp3) is 0.278. The largest absolute Gasteiger partial charge is 0.497 e. The Labute approximate surface area is 157 Å². The molecule has 1 aliphatic rings. The van der Waals surface area contributed by atoms with Gasteiger partial charge in [-0.1, -0.05) is 23.7 Å². The van der Waals surface area contributed by atoms with Gasteiger partial charge >= 0.3 is 0 Å². The molecule has 0 radical (unpaired) electrons. The van der Waals surface area contributed by atoms with Crippen molar-refractivity contribution in [1.82, 2.24) is 10.0 Å². The third-order valence-corrected chi connectivity index (χ3v) is 6.00. The first-order valence-electron chi connectivity index (χ1n) is 8.12. The molecule has 2 aromatic rings. The molecular weight excluding hydrogens is 376 g/mol. The van der Waals surface area contributed by atoms with Crippen LogP contribution in [-0.2, 0) is 16.6 Å². The minimum Gasteiger partial charge on any atom is -0.497 e. The summed E-state index contributed by atoms with van der Waals surface area (Å²) < 4.78 is 32.4. The van der Waals surface area contributed by atoms with Crippen LogP contribution in [0.3, 0.4) is 0 Å². The Kier molecular flexibility index (Phi) is 5.50. The lowest BCUT2D eigenvalue weighted by atomic mass is 10.2. The van der Waals surface area contributed by atoms with E-state index in [4.69, 9.17) is 16.3 Å². The maximum absolute atomic E-state index is 12.4. The SMILES string of the molecule is COc1ccc(CNC(=O)c2ccc(Cl)c(S(=O)(=O)NC3CC3)c2)cc1. The molecule has 1 amide bonds. The fourth-order valence-electron chi connectivity index (χ4n) is 2.36. The first-order valence-corrected chi connectivity index (χ1v) is 9.98. The van der Waals surface area contributed by atoms with Gasteiger partial charge in [-0.05, 0) is 48.7 Å². The van der Waals surface area contributed by atoms with E-state index in [1.165, 1.54) is 18.2 Å². The van der Waals surface area contributed by atoms with Crippen molar-refractivity contribution in [2.75, 3.05) is 7.11 Å². The summed E-state index contributed by atoms with van der Waals surface area (Å²) in [6.45, 7) is 0.313. The Morgan fingerprint density at radius 3 is 2.50 bits per heavy atom. The Morgan fingerprint density at radius 1 is 1.19 bits per heavy atom. The maximum atomic E-state index is 12.4. The normalized spacial score (nSPS) is 14.1. The Balaban J connectivity index is 1.71. The smallest absolute Gasteiger partial charge is 0.251 e. The number of carbonyl (C=O) groups is 1. The van der Waals surface area contributed by atoms with Crippen LogP contribution < -0.4 is 14.8 Å². The van der Waals surface area contributed by atoms with Crippen LogP contribution in [0.15, 0.2) is 47.4 Å². The van der Waals surface area contributed by atoms with Crippen LogP contribution in [0.2, 0.25) is 5.02 Å². The molecule has 8 heteroatoms. The van der Waals surface area contributed by atoms with E-state index < -0.39 is 10.0 Å². The van der Waals surface area contributed by atoms with E-state index in [0.29, 0.717) is 6.54 Å². The van der Waals surface area contributed by atoms with Gasteiger partial charge in [0.2, 0.25) is 10.0 Å². The molecular formula is C18H19ClN2O4S. The maximum Gasteiger partial charge on any atom is 0.251 e. The van der Waals surface area contributed by atoms with Gasteiger partial charge in [0.05, 0.1) is 12.1 Å². The van der Waals surface area contributed by atoms with Gasteiger partial charge in [-0.2, -0.15) is 0 Å². The molecule has 1 saturated carbocycles. The zero-order valence-corrected chi connectivity index (χ0v) is 15.7. The second-order valence-electron chi connectivity index (χ2n) is 6.07. The number of hydrogen-bond donors (Lipinski definition) is 2. The third kappa shape index (κ3) is 4.55. The lowest BCUT2D eigenvalue weighted by Crippen LogP contribution is -2.27. The summed E-state index contributed by atoms with van der Waals surface area (Å²) in [5, 5.41) is 2.85. The minimum atomic E-state index is -3.73. The van der Waals surface area contributed by atoms with E-state index >= 15 is 0 Å². The summed E-state index contributed by atoms with van der Waals surface area (Å²) in [4.78, 5) is 12.3. The lowest BCUT2D eigenvalue weighted by Gasteiger charge is -2.10. The van der Waals surface area contributed by atoms with Gasteiger partial charge in [-0.15, -0.1) is 0 Å². The number of methoxy groups -OCH3 is 1. The van der Waals surface area contributed by atoms with Gasteiger partial charge in [0.15, 0.2) is 0 Å². The van der Waals surface area contributed by atoms with E-state index in [9.17, 15) is 13.2 Å². The standard InChI is InChI=1S/C18H19ClN2O4S/c1-25-15-7-2-12(3-8-15)11-20-18(22)13-4-9-16(19)17(10-13)26(23,24)21-14-5-6-14/h2-4,7-10,14,21H,5-6,11H2,1H3,(H,20,22). The van der Waals surface area contributed by atoms with Crippen molar-refractivity contribution in [2.24, 2.45) is 0 Å². The van der Waals surface area contributed by atoms with Crippen molar-refractivity contribution in [1.29, 1.82) is 0 Å². The number of carbonyl (C=O) groups excluding carboxylic acids is 1. The van der Waals surface area contributed by atoms with Crippen LogP contribution >= 0.6 is 11.6 Å². The van der Waals surface area contributed by atoms with E-state index in [0.717, 1.165) is 24.2 Å². The van der Waals surface area contributed by atoms with E-state index in [-0.39, 0.29) is 27.4 Å². The summed E-state index contributed by atoms with van der Waals surface area (Å²) in [5.74, 6) is 0.358. The topological polar surface area (TPSA) is 84.5 Å². The van der Waals surface area contributed by atoms with E-state index in [2.05, 4.69) is 10.0 Å². The zero-order chi connectivity index (χ0) is 18.7. The van der Waals surface area contributed by atoms with Crippen LogP contribution in [0.25, 0.3) is 0 Å². The molecule has 26 heavy (non-hydrogen) atoms. The molecule has 2 aromatic carbocycles. The second-order valence-corrected chi connectivity index (χ2v) is 8.16. The molecule has 0 unspecified atom stereocenters. The highest BCUT2D eigenvalue weighted by molar-refractivity contribution is 7.89. The number of ether oxygens (including phenoxy) is 1. The molecule has 0 saturated heterocycles. The van der Waals surface area contributed by atoms with Crippen molar-refractivity contribution in [3.05, 3.63) is 58.6 Å². The summed E-state index contributed by atoms with van der Waals surface area (Å²) in [7, 11) is -2.15. The molecule has 0 spiro atoms. The van der Waals surface area contributed by atoms with Gasteiger partial charge in [0, 0.05) is 18.2 Å². The van der Waals surface area contributed by atoms with Crippen LogP contribution in [-0.4, -0.2) is 27.5 Å². The summed E-state index contributed by atoms with van der Waals surface area (Å²) >= 11 is 6.03. The second kappa shape index (κ2) is 7.65. The predicted octanol–water partition coefficient (Wildman–Crippen LogP) is 2.72. The number of amides is 1.